The lowest BCUT2D eigenvalue weighted by Gasteiger charge is -2.30. The van der Waals surface area contributed by atoms with E-state index in [-0.39, 0.29) is 18.3 Å². The van der Waals surface area contributed by atoms with E-state index in [0.29, 0.717) is 18.0 Å². The number of nitrogens with one attached hydrogen (secondary N) is 3. The number of halogens is 1. The third kappa shape index (κ3) is 5.68. The van der Waals surface area contributed by atoms with Crippen molar-refractivity contribution in [2.45, 2.75) is 44.2 Å². The lowest BCUT2D eigenvalue weighted by atomic mass is 9.99. The molecule has 0 aromatic heterocycles. The van der Waals surface area contributed by atoms with Crippen molar-refractivity contribution in [1.82, 2.24) is 21.1 Å². The first kappa shape index (κ1) is 20.2. The van der Waals surface area contributed by atoms with Crippen LogP contribution in [0.2, 0.25) is 0 Å². The maximum Gasteiger partial charge on any atom is 0.227 e. The number of rotatable bonds is 8. The molecule has 2 unspecified atom stereocenters. The van der Waals surface area contributed by atoms with Crippen LogP contribution in [0, 0.1) is 5.92 Å². The summed E-state index contributed by atoms with van der Waals surface area (Å²) in [7, 11) is 1.94. The Kier molecular flexibility index (Phi) is 8.16. The predicted molar refractivity (Wildman–Crippen MR) is 104 cm³/mol. The first-order valence-electron chi connectivity index (χ1n) is 9.25. The van der Waals surface area contributed by atoms with Gasteiger partial charge in [0.05, 0.1) is 5.92 Å². The van der Waals surface area contributed by atoms with Crippen LogP contribution < -0.4 is 16.2 Å². The van der Waals surface area contributed by atoms with Gasteiger partial charge in [0, 0.05) is 38.8 Å². The van der Waals surface area contributed by atoms with E-state index in [1.165, 1.54) is 24.8 Å². The summed E-state index contributed by atoms with van der Waals surface area (Å²) in [6, 6.07) is 11.6. The minimum Gasteiger partial charge on any atom is -0.345 e. The highest BCUT2D eigenvalue weighted by atomic mass is 35.5. The van der Waals surface area contributed by atoms with E-state index in [4.69, 9.17) is 0 Å². The largest absolute Gasteiger partial charge is 0.345 e. The average molecular weight is 367 g/mol. The Balaban J connectivity index is 0.00000225. The van der Waals surface area contributed by atoms with Gasteiger partial charge in [-0.1, -0.05) is 43.2 Å². The SMILES string of the molecule is CN(CCCCCC1CC(c2ccccc2)NN1)C(=O)C1CNC1.Cl. The van der Waals surface area contributed by atoms with Crippen molar-refractivity contribution < 1.29 is 4.79 Å². The molecule has 2 saturated heterocycles. The Bertz CT molecular complexity index is 523. The van der Waals surface area contributed by atoms with Gasteiger partial charge in [0.15, 0.2) is 0 Å². The molecule has 2 fully saturated rings. The number of carbonyl (C=O) groups is 1. The van der Waals surface area contributed by atoms with Crippen LogP contribution in [-0.4, -0.2) is 43.5 Å². The fourth-order valence-electron chi connectivity index (χ4n) is 3.52. The van der Waals surface area contributed by atoms with Crippen LogP contribution in [0.1, 0.15) is 43.7 Å². The molecule has 2 atom stereocenters. The number of unbranched alkanes of at least 4 members (excludes halogenated alkanes) is 2. The molecule has 0 bridgehead atoms. The number of amides is 1. The smallest absolute Gasteiger partial charge is 0.227 e. The maximum absolute atomic E-state index is 12.0. The molecule has 0 radical (unpaired) electrons. The summed E-state index contributed by atoms with van der Waals surface area (Å²) < 4.78 is 0. The molecule has 1 aromatic rings. The van der Waals surface area contributed by atoms with Gasteiger partial charge in [-0.3, -0.25) is 15.6 Å². The number of hydrogen-bond acceptors (Lipinski definition) is 4. The number of hydrogen-bond donors (Lipinski definition) is 3. The molecule has 0 aliphatic carbocycles. The van der Waals surface area contributed by atoms with E-state index in [2.05, 4.69) is 46.5 Å². The molecule has 0 spiro atoms. The van der Waals surface area contributed by atoms with Gasteiger partial charge >= 0.3 is 0 Å². The number of nitrogens with zero attached hydrogens (tertiary/aromatic N) is 1. The van der Waals surface area contributed by atoms with Crippen molar-refractivity contribution in [3.8, 4) is 0 Å². The highest BCUT2D eigenvalue weighted by Crippen LogP contribution is 2.24. The van der Waals surface area contributed by atoms with E-state index >= 15 is 0 Å². The predicted octanol–water partition coefficient (Wildman–Crippen LogP) is 2.25. The highest BCUT2D eigenvalue weighted by Gasteiger charge is 2.27. The molecule has 25 heavy (non-hydrogen) atoms. The fourth-order valence-corrected chi connectivity index (χ4v) is 3.52. The van der Waals surface area contributed by atoms with Gasteiger partial charge in [-0.25, -0.2) is 0 Å². The summed E-state index contributed by atoms with van der Waals surface area (Å²) >= 11 is 0. The zero-order chi connectivity index (χ0) is 16.8. The van der Waals surface area contributed by atoms with Crippen molar-refractivity contribution in [3.63, 3.8) is 0 Å². The van der Waals surface area contributed by atoms with Gasteiger partial charge in [-0.05, 0) is 24.8 Å². The quantitative estimate of drug-likeness (QED) is 0.618. The van der Waals surface area contributed by atoms with Gasteiger partial charge in [0.1, 0.15) is 0 Å². The van der Waals surface area contributed by atoms with E-state index in [9.17, 15) is 4.79 Å². The molecular weight excluding hydrogens is 336 g/mol. The second-order valence-electron chi connectivity index (χ2n) is 7.15. The maximum atomic E-state index is 12.0. The summed E-state index contributed by atoms with van der Waals surface area (Å²) in [5, 5.41) is 3.16. The molecule has 140 valence electrons. The summed E-state index contributed by atoms with van der Waals surface area (Å²) in [6.07, 6.45) is 5.85. The second-order valence-corrected chi connectivity index (χ2v) is 7.15. The summed E-state index contributed by atoms with van der Waals surface area (Å²) in [5.74, 6) is 0.528. The molecule has 0 saturated carbocycles. The van der Waals surface area contributed by atoms with Crippen LogP contribution in [-0.2, 0) is 4.79 Å². The van der Waals surface area contributed by atoms with Gasteiger partial charge in [0.25, 0.3) is 0 Å². The van der Waals surface area contributed by atoms with Gasteiger partial charge in [-0.15, -0.1) is 12.4 Å². The van der Waals surface area contributed by atoms with E-state index in [1.807, 2.05) is 11.9 Å². The average Bonchev–Trinajstić information content (AvgIpc) is 3.02. The molecule has 3 N–H and O–H groups in total. The van der Waals surface area contributed by atoms with Crippen molar-refractivity contribution in [2.24, 2.45) is 5.92 Å². The Morgan fingerprint density at radius 2 is 1.88 bits per heavy atom. The lowest BCUT2D eigenvalue weighted by Crippen LogP contribution is -2.51. The van der Waals surface area contributed by atoms with Gasteiger partial charge in [-0.2, -0.15) is 0 Å². The van der Waals surface area contributed by atoms with Crippen LogP contribution in [0.4, 0.5) is 0 Å². The first-order chi connectivity index (χ1) is 11.7. The Morgan fingerprint density at radius 3 is 2.56 bits per heavy atom. The second kappa shape index (κ2) is 10.1. The summed E-state index contributed by atoms with van der Waals surface area (Å²) in [5.41, 5.74) is 8.20. The molecule has 2 aliphatic heterocycles. The monoisotopic (exact) mass is 366 g/mol. The van der Waals surface area contributed by atoms with E-state index < -0.39 is 0 Å². The topological polar surface area (TPSA) is 56.4 Å². The molecular formula is C19H31ClN4O. The van der Waals surface area contributed by atoms with Crippen LogP contribution in [0.25, 0.3) is 0 Å². The number of benzene rings is 1. The molecule has 2 aliphatic rings. The summed E-state index contributed by atoms with van der Waals surface area (Å²) in [6.45, 7) is 2.59. The molecule has 1 amide bonds. The van der Waals surface area contributed by atoms with E-state index in [0.717, 1.165) is 32.5 Å². The standard InChI is InChI=1S/C19H30N4O.ClH/c1-23(19(24)16-13-20-14-16)11-7-3-6-10-17-12-18(22-21-17)15-8-4-2-5-9-15;/h2,4-5,8-9,16-18,20-22H,3,6-7,10-14H2,1H3;1H. The van der Waals surface area contributed by atoms with Crippen molar-refractivity contribution in [3.05, 3.63) is 35.9 Å². The third-order valence-electron chi connectivity index (χ3n) is 5.24. The molecule has 1 aromatic carbocycles. The number of hydrazine groups is 1. The lowest BCUT2D eigenvalue weighted by molar-refractivity contribution is -0.135. The molecule has 6 heteroatoms. The number of carbonyl (C=O) groups excluding carboxylic acids is 1. The normalized spacial score (nSPS) is 22.9. The minimum absolute atomic E-state index is 0. The van der Waals surface area contributed by atoms with Gasteiger partial charge < -0.3 is 10.2 Å². The fraction of sp³-hybridized carbons (Fsp3) is 0.632. The van der Waals surface area contributed by atoms with Gasteiger partial charge in [0.2, 0.25) is 5.91 Å². The minimum atomic E-state index is 0. The third-order valence-corrected chi connectivity index (χ3v) is 5.24. The Morgan fingerprint density at radius 1 is 1.12 bits per heavy atom. The van der Waals surface area contributed by atoms with Crippen LogP contribution in [0.15, 0.2) is 30.3 Å². The van der Waals surface area contributed by atoms with E-state index in [1.54, 1.807) is 0 Å². The zero-order valence-corrected chi connectivity index (χ0v) is 15.9. The Hall–Kier alpha value is -1.14. The first-order valence-corrected chi connectivity index (χ1v) is 9.25. The van der Waals surface area contributed by atoms with Crippen molar-refractivity contribution >= 4 is 18.3 Å². The summed E-state index contributed by atoms with van der Waals surface area (Å²) in [4.78, 5) is 13.9. The zero-order valence-electron chi connectivity index (χ0n) is 15.0. The molecule has 3 rings (SSSR count). The van der Waals surface area contributed by atoms with Crippen LogP contribution in [0.5, 0.6) is 0 Å². The molecule has 5 nitrogen and oxygen atoms in total. The Labute approximate surface area is 157 Å². The van der Waals surface area contributed by atoms with Crippen molar-refractivity contribution in [1.29, 1.82) is 0 Å². The highest BCUT2D eigenvalue weighted by molar-refractivity contribution is 5.85. The van der Waals surface area contributed by atoms with Crippen LogP contribution >= 0.6 is 12.4 Å². The molecule has 2 heterocycles. The van der Waals surface area contributed by atoms with Crippen molar-refractivity contribution in [2.75, 3.05) is 26.7 Å². The van der Waals surface area contributed by atoms with Crippen LogP contribution in [0.3, 0.4) is 0 Å².